The molecule has 0 aliphatic carbocycles. The maximum Gasteiger partial charge on any atom is 0.426 e. The summed E-state index contributed by atoms with van der Waals surface area (Å²) in [5.74, 6) is -6.95. The molecule has 5 rings (SSSR count). The molecule has 0 aromatic heterocycles. The Morgan fingerprint density at radius 2 is 1.14 bits per heavy atom. The lowest BCUT2D eigenvalue weighted by Crippen LogP contribution is -2.21. The van der Waals surface area contributed by atoms with E-state index in [2.05, 4.69) is 6.08 Å². The van der Waals surface area contributed by atoms with Crippen LogP contribution in [0, 0.1) is 29.1 Å². The second-order valence-corrected chi connectivity index (χ2v) is 10.1. The number of halogens is 7. The van der Waals surface area contributed by atoms with Gasteiger partial charge in [0.15, 0.2) is 17.5 Å². The van der Waals surface area contributed by atoms with Gasteiger partial charge in [0, 0.05) is 17.2 Å². The van der Waals surface area contributed by atoms with E-state index in [1.807, 2.05) is 37.3 Å². The van der Waals surface area contributed by atoms with Gasteiger partial charge in [-0.25, -0.2) is 22.0 Å². The van der Waals surface area contributed by atoms with Gasteiger partial charge in [-0.3, -0.25) is 0 Å². The summed E-state index contributed by atoms with van der Waals surface area (Å²) in [6.45, 7) is 1.97. The molecule has 0 amide bonds. The SMILES string of the molecule is C/C=C/CCc1ccc(-c2ccc(-c3ccc(C(F)(F)Oc4ccc(-c5cc(F)c(F)c(F)c5)c(F)c4)cc3)c(F)c2)cc1. The van der Waals surface area contributed by atoms with Crippen LogP contribution in [0.2, 0.25) is 0 Å². The van der Waals surface area contributed by atoms with Crippen LogP contribution in [-0.4, -0.2) is 0 Å². The highest BCUT2D eigenvalue weighted by Gasteiger charge is 2.35. The fraction of sp³-hybridized carbons (Fsp3) is 0.111. The topological polar surface area (TPSA) is 9.23 Å². The molecule has 44 heavy (non-hydrogen) atoms. The molecule has 0 N–H and O–H groups in total. The molecule has 0 fully saturated rings. The Hall–Kier alpha value is -4.85. The Morgan fingerprint density at radius 1 is 0.591 bits per heavy atom. The zero-order chi connectivity index (χ0) is 31.4. The molecule has 224 valence electrons. The standard InChI is InChI=1S/C36H25F7O/c1-2-3-4-5-22-6-8-23(9-7-22)25-12-16-29(31(37)18-25)24-10-13-27(14-11-24)36(42,43)44-28-15-17-30(32(38)21-28)26-19-33(39)35(41)34(40)20-26/h2-3,6-21H,4-5H2,1H3/b3-2+. The van der Waals surface area contributed by atoms with Crippen molar-refractivity contribution < 1.29 is 35.5 Å². The van der Waals surface area contributed by atoms with Gasteiger partial charge in [-0.2, -0.15) is 8.78 Å². The summed E-state index contributed by atoms with van der Waals surface area (Å²) in [5, 5.41) is 0. The third-order valence-corrected chi connectivity index (χ3v) is 7.11. The molecule has 5 aromatic carbocycles. The highest BCUT2D eigenvalue weighted by atomic mass is 19.3. The van der Waals surface area contributed by atoms with E-state index >= 15 is 4.39 Å². The largest absolute Gasteiger partial charge is 0.429 e. The number of aryl methyl sites for hydroxylation is 1. The van der Waals surface area contributed by atoms with Gasteiger partial charge >= 0.3 is 6.11 Å². The summed E-state index contributed by atoms with van der Waals surface area (Å²) in [7, 11) is 0. The maximum atomic E-state index is 15.1. The van der Waals surface area contributed by atoms with Crippen molar-refractivity contribution in [1.82, 2.24) is 0 Å². The summed E-state index contributed by atoms with van der Waals surface area (Å²) in [4.78, 5) is 0. The van der Waals surface area contributed by atoms with Crippen molar-refractivity contribution in [2.24, 2.45) is 0 Å². The van der Waals surface area contributed by atoms with E-state index in [1.54, 1.807) is 12.1 Å². The Morgan fingerprint density at radius 3 is 1.75 bits per heavy atom. The molecular formula is C36H25F7O. The van der Waals surface area contributed by atoms with Gasteiger partial charge in [-0.05, 0) is 90.0 Å². The highest BCUT2D eigenvalue weighted by molar-refractivity contribution is 5.71. The molecule has 0 aliphatic heterocycles. The van der Waals surface area contributed by atoms with E-state index in [4.69, 9.17) is 4.74 Å². The van der Waals surface area contributed by atoms with Crippen LogP contribution < -0.4 is 4.74 Å². The molecule has 0 saturated heterocycles. The Kier molecular flexibility index (Phi) is 8.90. The molecule has 0 spiro atoms. The normalized spacial score (nSPS) is 11.7. The molecule has 0 aliphatic rings. The number of hydrogen-bond donors (Lipinski definition) is 0. The first kappa shape index (κ1) is 30.6. The molecule has 0 atom stereocenters. The van der Waals surface area contributed by atoms with Crippen LogP contribution in [0.3, 0.4) is 0 Å². The average molecular weight is 607 g/mol. The fourth-order valence-corrected chi connectivity index (χ4v) is 4.76. The third kappa shape index (κ3) is 6.70. The minimum atomic E-state index is -3.90. The molecule has 0 heterocycles. The van der Waals surface area contributed by atoms with Crippen molar-refractivity contribution in [2.45, 2.75) is 25.9 Å². The minimum absolute atomic E-state index is 0.221. The van der Waals surface area contributed by atoms with Crippen LogP contribution in [0.4, 0.5) is 30.7 Å². The van der Waals surface area contributed by atoms with Crippen molar-refractivity contribution in [2.75, 3.05) is 0 Å². The molecule has 5 aromatic rings. The van der Waals surface area contributed by atoms with Crippen molar-refractivity contribution >= 4 is 0 Å². The van der Waals surface area contributed by atoms with Crippen molar-refractivity contribution in [3.63, 3.8) is 0 Å². The van der Waals surface area contributed by atoms with E-state index in [0.29, 0.717) is 29.3 Å². The van der Waals surface area contributed by atoms with E-state index < -0.39 is 46.5 Å². The van der Waals surface area contributed by atoms with Gasteiger partial charge in [-0.1, -0.05) is 60.7 Å². The van der Waals surface area contributed by atoms with E-state index in [0.717, 1.165) is 42.7 Å². The van der Waals surface area contributed by atoms with Gasteiger partial charge in [0.25, 0.3) is 0 Å². The molecule has 8 heteroatoms. The summed E-state index contributed by atoms with van der Waals surface area (Å²) in [5.41, 5.74) is 2.05. The first-order chi connectivity index (χ1) is 21.1. The van der Waals surface area contributed by atoms with Crippen molar-refractivity contribution in [3.05, 3.63) is 149 Å². The summed E-state index contributed by atoms with van der Waals surface area (Å²) < 4.78 is 105. The van der Waals surface area contributed by atoms with Crippen LogP contribution in [0.15, 0.2) is 109 Å². The molecular weight excluding hydrogens is 581 g/mol. The first-order valence-electron chi connectivity index (χ1n) is 13.7. The molecule has 0 saturated carbocycles. The van der Waals surface area contributed by atoms with E-state index in [-0.39, 0.29) is 16.7 Å². The third-order valence-electron chi connectivity index (χ3n) is 7.11. The predicted molar refractivity (Wildman–Crippen MR) is 157 cm³/mol. The van der Waals surface area contributed by atoms with E-state index in [9.17, 15) is 26.3 Å². The van der Waals surface area contributed by atoms with Gasteiger partial charge in [0.2, 0.25) is 0 Å². The monoisotopic (exact) mass is 606 g/mol. The van der Waals surface area contributed by atoms with Crippen LogP contribution in [-0.2, 0) is 12.5 Å². The van der Waals surface area contributed by atoms with Gasteiger partial charge in [0.1, 0.15) is 17.4 Å². The summed E-state index contributed by atoms with van der Waals surface area (Å²) >= 11 is 0. The zero-order valence-corrected chi connectivity index (χ0v) is 23.4. The van der Waals surface area contributed by atoms with Crippen molar-refractivity contribution in [1.29, 1.82) is 0 Å². The van der Waals surface area contributed by atoms with Gasteiger partial charge in [-0.15, -0.1) is 0 Å². The molecule has 0 bridgehead atoms. The van der Waals surface area contributed by atoms with E-state index in [1.165, 1.54) is 23.8 Å². The van der Waals surface area contributed by atoms with Crippen LogP contribution in [0.25, 0.3) is 33.4 Å². The molecule has 1 nitrogen and oxygen atoms in total. The zero-order valence-electron chi connectivity index (χ0n) is 23.4. The summed E-state index contributed by atoms with van der Waals surface area (Å²) in [6, 6.07) is 21.2. The molecule has 0 radical (unpaired) electrons. The minimum Gasteiger partial charge on any atom is -0.429 e. The Labute approximate surface area is 249 Å². The number of alkyl halides is 2. The smallest absolute Gasteiger partial charge is 0.426 e. The maximum absolute atomic E-state index is 15.1. The fourth-order valence-electron chi connectivity index (χ4n) is 4.76. The summed E-state index contributed by atoms with van der Waals surface area (Å²) in [6.07, 6.45) is 2.04. The van der Waals surface area contributed by atoms with Crippen LogP contribution in [0.5, 0.6) is 5.75 Å². The van der Waals surface area contributed by atoms with Crippen molar-refractivity contribution in [3.8, 4) is 39.1 Å². The predicted octanol–water partition coefficient (Wildman–Crippen LogP) is 11.0. The lowest BCUT2D eigenvalue weighted by Gasteiger charge is -2.19. The quantitative estimate of drug-likeness (QED) is 0.0922. The molecule has 0 unspecified atom stereocenters. The highest BCUT2D eigenvalue weighted by Crippen LogP contribution is 2.36. The number of benzene rings is 5. The number of hydrogen-bond acceptors (Lipinski definition) is 1. The Bertz CT molecular complexity index is 1790. The average Bonchev–Trinajstić information content (AvgIpc) is 3.00. The first-order valence-corrected chi connectivity index (χ1v) is 13.7. The van der Waals surface area contributed by atoms with Gasteiger partial charge in [0.05, 0.1) is 5.56 Å². The second-order valence-electron chi connectivity index (χ2n) is 10.1. The lowest BCUT2D eigenvalue weighted by molar-refractivity contribution is -0.185. The Balaban J connectivity index is 1.29. The number of rotatable bonds is 9. The van der Waals surface area contributed by atoms with Crippen LogP contribution >= 0.6 is 0 Å². The van der Waals surface area contributed by atoms with Gasteiger partial charge < -0.3 is 4.74 Å². The van der Waals surface area contributed by atoms with Crippen LogP contribution in [0.1, 0.15) is 24.5 Å². The lowest BCUT2D eigenvalue weighted by atomic mass is 9.97. The number of ether oxygens (including phenoxy) is 1. The number of allylic oxidation sites excluding steroid dienone is 2. The second kappa shape index (κ2) is 12.8.